The molecule has 0 aromatic carbocycles. The van der Waals surface area contributed by atoms with Crippen molar-refractivity contribution < 1.29 is 43.7 Å². The van der Waals surface area contributed by atoms with E-state index in [9.17, 15) is 29.8 Å². The van der Waals surface area contributed by atoms with E-state index < -0.39 is 53.6 Å². The molecule has 0 spiro atoms. The number of phosphoric acid groups is 1. The Hall–Kier alpha value is -0.160. The molecule has 13 nitrogen and oxygen atoms in total. The van der Waals surface area contributed by atoms with Crippen molar-refractivity contribution in [1.29, 1.82) is 0 Å². The molecule has 0 atom stereocenters. The molecule has 0 aromatic heterocycles. The smallest absolute Gasteiger partial charge is 0.223 e. The molecule has 0 aliphatic rings. The van der Waals surface area contributed by atoms with Crippen LogP contribution in [0.3, 0.4) is 0 Å². The van der Waals surface area contributed by atoms with Gasteiger partial charge in [-0.15, -0.1) is 0 Å². The van der Waals surface area contributed by atoms with Crippen LogP contribution in [0.5, 0.6) is 0 Å². The van der Waals surface area contributed by atoms with E-state index in [1.54, 1.807) is 56.2 Å². The number of rotatable bonds is 18. The molecule has 0 aliphatic carbocycles. The Morgan fingerprint density at radius 3 is 0.875 bits per heavy atom. The van der Waals surface area contributed by atoms with Gasteiger partial charge in [0, 0.05) is 0 Å². The lowest BCUT2D eigenvalue weighted by Gasteiger charge is -2.22. The van der Waals surface area contributed by atoms with E-state index in [-0.39, 0.29) is 38.5 Å². The Labute approximate surface area is 192 Å². The van der Waals surface area contributed by atoms with E-state index in [4.69, 9.17) is 0 Å². The van der Waals surface area contributed by atoms with Crippen molar-refractivity contribution in [2.45, 2.75) is 95.8 Å². The fourth-order valence-electron chi connectivity index (χ4n) is 2.74. The van der Waals surface area contributed by atoms with Crippen molar-refractivity contribution in [1.82, 2.24) is 14.7 Å². The third-order valence-electron chi connectivity index (χ3n) is 4.84. The summed E-state index contributed by atoms with van der Waals surface area (Å²) in [6, 6.07) is 0. The molecule has 0 fully saturated rings. The van der Waals surface area contributed by atoms with Gasteiger partial charge in [-0.3, -0.25) is 0 Å². The van der Waals surface area contributed by atoms with Crippen molar-refractivity contribution in [2.75, 3.05) is 0 Å². The van der Waals surface area contributed by atoms with Gasteiger partial charge in [-0.2, -0.15) is 13.9 Å². The Balaban J connectivity index is 5.75. The van der Waals surface area contributed by atoms with E-state index in [1.807, 2.05) is 0 Å². The zero-order valence-electron chi connectivity index (χ0n) is 19.2. The molecule has 0 heterocycles. The Morgan fingerprint density at radius 2 is 0.719 bits per heavy atom. The average molecular weight is 546 g/mol. The largest absolute Gasteiger partial charge is 0.527 e. The highest BCUT2D eigenvalue weighted by Crippen LogP contribution is 2.47. The lowest BCUT2D eigenvalue weighted by atomic mass is 10.3. The van der Waals surface area contributed by atoms with Crippen LogP contribution in [0.2, 0.25) is 0 Å². The van der Waals surface area contributed by atoms with E-state index in [1.165, 1.54) is 0 Å². The van der Waals surface area contributed by atoms with Crippen LogP contribution in [0.4, 0.5) is 0 Å². The Morgan fingerprint density at radius 1 is 0.531 bits per heavy atom. The predicted octanol–water partition coefficient (Wildman–Crippen LogP) is 2.21. The first-order valence-electron chi connectivity index (χ1n) is 10.4. The number of sulfonamides is 3. The Kier molecular flexibility index (Phi) is 13.6. The highest BCUT2D eigenvalue weighted by molar-refractivity contribution is 7.90. The highest BCUT2D eigenvalue weighted by Gasteiger charge is 2.38. The summed E-state index contributed by atoms with van der Waals surface area (Å²) in [4.78, 5) is 4.73. The van der Waals surface area contributed by atoms with Gasteiger partial charge >= 0.3 is 7.82 Å². The van der Waals surface area contributed by atoms with Crippen LogP contribution < -0.4 is 14.7 Å². The predicted molar refractivity (Wildman–Crippen MR) is 120 cm³/mol. The number of nitrogens with one attached hydrogen (secondary N) is 3. The van der Waals surface area contributed by atoms with Gasteiger partial charge in [-0.05, 0) is 38.5 Å². The molecule has 0 bridgehead atoms. The van der Waals surface area contributed by atoms with Crippen LogP contribution in [0, 0.1) is 0 Å². The maximum absolute atomic E-state index is 12.9. The monoisotopic (exact) mass is 545 g/mol. The van der Waals surface area contributed by atoms with Gasteiger partial charge < -0.3 is 0 Å². The highest BCUT2D eigenvalue weighted by atomic mass is 32.2. The van der Waals surface area contributed by atoms with Crippen molar-refractivity contribution >= 4 is 37.9 Å². The van der Waals surface area contributed by atoms with Gasteiger partial charge in [-0.1, -0.05) is 56.2 Å². The summed E-state index contributed by atoms with van der Waals surface area (Å²) >= 11 is 0. The zero-order chi connectivity index (χ0) is 25.2. The molecule has 3 N–H and O–H groups in total. The molecule has 0 saturated heterocycles. The second-order valence-corrected chi connectivity index (χ2v) is 14.1. The van der Waals surface area contributed by atoms with Crippen LogP contribution in [0.25, 0.3) is 0 Å². The summed E-state index contributed by atoms with van der Waals surface area (Å²) in [5, 5.41) is -2.75. The van der Waals surface area contributed by atoms with Crippen molar-refractivity contribution in [3.8, 4) is 0 Å². The van der Waals surface area contributed by atoms with Gasteiger partial charge in [0.2, 0.25) is 30.1 Å². The van der Waals surface area contributed by atoms with E-state index in [2.05, 4.69) is 13.9 Å². The molecule has 0 amide bonds. The summed E-state index contributed by atoms with van der Waals surface area (Å²) in [5.41, 5.74) is 0. The molecule has 0 unspecified atom stereocenters. The molecule has 0 radical (unpaired) electrons. The van der Waals surface area contributed by atoms with Gasteiger partial charge in [-0.25, -0.2) is 29.8 Å². The van der Waals surface area contributed by atoms with Gasteiger partial charge in [0.1, 0.15) is 0 Å². The molecule has 0 rings (SSSR count). The topological polar surface area (TPSA) is 183 Å². The second kappa shape index (κ2) is 13.7. The molecular formula is C15H36N3O10PS3. The Bertz CT molecular complexity index is 793. The fraction of sp³-hybridized carbons (Fsp3) is 1.00. The third-order valence-corrected chi connectivity index (χ3v) is 11.7. The third kappa shape index (κ3) is 9.60. The van der Waals surface area contributed by atoms with Crippen LogP contribution in [0.1, 0.15) is 80.1 Å². The van der Waals surface area contributed by atoms with Crippen LogP contribution in [-0.4, -0.2) is 41.0 Å². The summed E-state index contributed by atoms with van der Waals surface area (Å²) < 4.78 is 100. The number of hydrogen-bond acceptors (Lipinski definition) is 10. The van der Waals surface area contributed by atoms with Gasteiger partial charge in [0.15, 0.2) is 0 Å². The fourth-order valence-corrected chi connectivity index (χ4v) is 8.23. The van der Waals surface area contributed by atoms with Crippen LogP contribution in [-0.2, 0) is 48.5 Å². The molecule has 32 heavy (non-hydrogen) atoms. The lowest BCUT2D eigenvalue weighted by Crippen LogP contribution is -2.38. The summed E-state index contributed by atoms with van der Waals surface area (Å²) in [6.07, 6.45) is 1.19. The first kappa shape index (κ1) is 31.8. The first-order chi connectivity index (χ1) is 14.7. The second-order valence-electron chi connectivity index (χ2n) is 6.92. The maximum Gasteiger partial charge on any atom is 0.527 e. The SMILES string of the molecule is CCC(CC)S(=O)(=O)NOP(=O)(ONS(=O)(=O)C(CC)CC)ONS(=O)(=O)C(CC)CC. The van der Waals surface area contributed by atoms with E-state index >= 15 is 0 Å². The molecule has 0 aromatic rings. The van der Waals surface area contributed by atoms with Crippen LogP contribution >= 0.6 is 7.82 Å². The first-order valence-corrected chi connectivity index (χ1v) is 16.5. The van der Waals surface area contributed by atoms with Crippen molar-refractivity contribution in [3.05, 3.63) is 0 Å². The van der Waals surface area contributed by atoms with E-state index in [0.29, 0.717) is 0 Å². The minimum absolute atomic E-state index is 0.198. The molecular weight excluding hydrogens is 509 g/mol. The summed E-state index contributed by atoms with van der Waals surface area (Å²) in [5.74, 6) is 0. The molecule has 0 saturated carbocycles. The van der Waals surface area contributed by atoms with Gasteiger partial charge in [0.05, 0.1) is 15.7 Å². The summed E-state index contributed by atoms with van der Waals surface area (Å²) in [7, 11) is -17.7. The summed E-state index contributed by atoms with van der Waals surface area (Å²) in [6.45, 7) is 9.63. The molecule has 194 valence electrons. The minimum atomic E-state index is -5.16. The van der Waals surface area contributed by atoms with Gasteiger partial charge in [0.25, 0.3) is 0 Å². The van der Waals surface area contributed by atoms with Crippen LogP contribution in [0.15, 0.2) is 0 Å². The minimum Gasteiger partial charge on any atom is -0.223 e. The average Bonchev–Trinajstić information content (AvgIpc) is 2.72. The molecule has 17 heteroatoms. The van der Waals surface area contributed by atoms with Crippen molar-refractivity contribution in [3.63, 3.8) is 0 Å². The standard InChI is InChI=1S/C15H36N3O10PS3/c1-7-13(8-2)30(20,21)16-26-29(19,27-17-31(22,23)14(9-3)10-4)28-18-32(24,25)15(11-5)12-6/h13-18H,7-12H2,1-6H3. The zero-order valence-corrected chi connectivity index (χ0v) is 22.6. The normalized spacial score (nSPS) is 14.0. The number of hydrogen-bond donors (Lipinski definition) is 3. The van der Waals surface area contributed by atoms with E-state index in [0.717, 1.165) is 0 Å². The van der Waals surface area contributed by atoms with Crippen molar-refractivity contribution in [2.24, 2.45) is 0 Å². The maximum atomic E-state index is 12.9. The quantitative estimate of drug-likeness (QED) is 0.170. The lowest BCUT2D eigenvalue weighted by molar-refractivity contribution is 0.0680. The molecule has 0 aliphatic heterocycles.